The summed E-state index contributed by atoms with van der Waals surface area (Å²) in [6, 6.07) is 9.68. The van der Waals surface area contributed by atoms with Gasteiger partial charge in [-0.3, -0.25) is 4.79 Å². The third kappa shape index (κ3) is 4.08. The van der Waals surface area contributed by atoms with Gasteiger partial charge in [-0.1, -0.05) is 32.1 Å². The van der Waals surface area contributed by atoms with Crippen LogP contribution in [0.15, 0.2) is 36.9 Å². The molecule has 1 aliphatic heterocycles. The molecule has 0 saturated carbocycles. The van der Waals surface area contributed by atoms with Crippen LogP contribution in [0.25, 0.3) is 11.0 Å². The molecule has 6 nitrogen and oxygen atoms in total. The molecule has 1 fully saturated rings. The van der Waals surface area contributed by atoms with E-state index in [0.29, 0.717) is 35.4 Å². The Balaban J connectivity index is 2.09. The lowest BCUT2D eigenvalue weighted by molar-refractivity contribution is -0.121. The second-order valence-corrected chi connectivity index (χ2v) is 7.37. The number of fused-ring (bicyclic) bond motifs is 1. The highest BCUT2D eigenvalue weighted by atomic mass is 16.1. The molecule has 1 saturated heterocycles. The van der Waals surface area contributed by atoms with Crippen molar-refractivity contribution < 1.29 is 4.79 Å². The summed E-state index contributed by atoms with van der Waals surface area (Å²) in [4.78, 5) is 24.2. The van der Waals surface area contributed by atoms with Crippen molar-refractivity contribution in [1.82, 2.24) is 15.3 Å². The number of hydrogen-bond donors (Lipinski definition) is 1. The van der Waals surface area contributed by atoms with Crippen molar-refractivity contribution in [3.8, 4) is 6.07 Å². The van der Waals surface area contributed by atoms with E-state index >= 15 is 0 Å². The Hall–Kier alpha value is -2.94. The van der Waals surface area contributed by atoms with Gasteiger partial charge < -0.3 is 10.2 Å². The molecule has 0 unspecified atom stereocenters. The van der Waals surface area contributed by atoms with Gasteiger partial charge in [-0.25, -0.2) is 9.97 Å². The van der Waals surface area contributed by atoms with Crippen LogP contribution in [0.1, 0.15) is 31.9 Å². The van der Waals surface area contributed by atoms with E-state index in [-0.39, 0.29) is 5.91 Å². The Morgan fingerprint density at radius 3 is 2.56 bits per heavy atom. The molecular weight excluding hydrogens is 338 g/mol. The molecule has 27 heavy (non-hydrogen) atoms. The third-order valence-electron chi connectivity index (χ3n) is 4.83. The smallest absolute Gasteiger partial charge is 0.243 e. The van der Waals surface area contributed by atoms with Gasteiger partial charge in [-0.2, -0.15) is 5.26 Å². The Bertz CT molecular complexity index is 878. The summed E-state index contributed by atoms with van der Waals surface area (Å²) in [5.74, 6) is 0.299. The van der Waals surface area contributed by atoms with Gasteiger partial charge in [0.1, 0.15) is 5.69 Å². The average molecular weight is 363 g/mol. The number of nitrogens with zero attached hydrogens (tertiary/aromatic N) is 4. The highest BCUT2D eigenvalue weighted by molar-refractivity contribution is 5.89. The van der Waals surface area contributed by atoms with Crippen LogP contribution >= 0.6 is 0 Å². The van der Waals surface area contributed by atoms with Crippen molar-refractivity contribution in [3.05, 3.63) is 42.6 Å². The molecule has 2 heterocycles. The van der Waals surface area contributed by atoms with E-state index in [1.165, 1.54) is 0 Å². The Morgan fingerprint density at radius 2 is 1.96 bits per heavy atom. The number of aromatic nitrogens is 2. The summed E-state index contributed by atoms with van der Waals surface area (Å²) >= 11 is 0. The van der Waals surface area contributed by atoms with E-state index in [2.05, 4.69) is 41.7 Å². The second-order valence-electron chi connectivity index (χ2n) is 7.37. The maximum atomic E-state index is 12.6. The first-order chi connectivity index (χ1) is 13.0. The maximum Gasteiger partial charge on any atom is 0.243 e. The third-order valence-corrected chi connectivity index (χ3v) is 4.83. The average Bonchev–Trinajstić information content (AvgIpc) is 2.65. The fraction of sp³-hybridized carbons (Fsp3) is 0.429. The molecule has 1 aromatic carbocycles. The van der Waals surface area contributed by atoms with Gasteiger partial charge in [0.25, 0.3) is 0 Å². The second kappa shape index (κ2) is 8.17. The first-order valence-electron chi connectivity index (χ1n) is 9.33. The fourth-order valence-corrected chi connectivity index (χ4v) is 3.79. The lowest BCUT2D eigenvalue weighted by Crippen LogP contribution is -2.40. The maximum absolute atomic E-state index is 12.6. The number of carbonyl (C=O) groups is 1. The molecule has 1 amide bonds. The first-order valence-corrected chi connectivity index (χ1v) is 9.33. The number of rotatable bonds is 5. The van der Waals surface area contributed by atoms with Gasteiger partial charge >= 0.3 is 0 Å². The zero-order valence-corrected chi connectivity index (χ0v) is 15.9. The van der Waals surface area contributed by atoms with Gasteiger partial charge in [0.2, 0.25) is 5.91 Å². The van der Waals surface area contributed by atoms with Crippen LogP contribution in [0.4, 0.5) is 5.82 Å². The minimum absolute atomic E-state index is 0.311. The van der Waals surface area contributed by atoms with E-state index in [1.54, 1.807) is 6.08 Å². The van der Waals surface area contributed by atoms with E-state index in [4.69, 9.17) is 4.98 Å². The van der Waals surface area contributed by atoms with E-state index in [9.17, 15) is 10.1 Å². The molecule has 6 heteroatoms. The highest BCUT2D eigenvalue weighted by Gasteiger charge is 2.31. The fourth-order valence-electron chi connectivity index (χ4n) is 3.79. The minimum atomic E-state index is -1.01. The van der Waals surface area contributed by atoms with Gasteiger partial charge in [0, 0.05) is 19.6 Å². The van der Waals surface area contributed by atoms with Crippen LogP contribution in [0.5, 0.6) is 0 Å². The zero-order valence-electron chi connectivity index (χ0n) is 15.9. The van der Waals surface area contributed by atoms with E-state index < -0.39 is 5.92 Å². The van der Waals surface area contributed by atoms with E-state index in [0.717, 1.165) is 25.0 Å². The largest absolute Gasteiger partial charge is 0.355 e. The van der Waals surface area contributed by atoms with E-state index in [1.807, 2.05) is 24.3 Å². The Kier molecular flexibility index (Phi) is 5.70. The molecule has 2 aromatic rings. The zero-order chi connectivity index (χ0) is 19.4. The Morgan fingerprint density at radius 1 is 1.33 bits per heavy atom. The molecule has 0 spiro atoms. The van der Waals surface area contributed by atoms with Crippen molar-refractivity contribution in [2.75, 3.05) is 24.5 Å². The van der Waals surface area contributed by atoms with Crippen LogP contribution in [0, 0.1) is 23.2 Å². The van der Waals surface area contributed by atoms with Gasteiger partial charge in [-0.05, 0) is 30.4 Å². The molecule has 0 aliphatic carbocycles. The molecule has 0 bridgehead atoms. The van der Waals surface area contributed by atoms with Gasteiger partial charge in [-0.15, -0.1) is 6.58 Å². The topological polar surface area (TPSA) is 81.9 Å². The number of nitrogens with one attached hydrogen (secondary N) is 1. The SMILES string of the molecule is C=CCNC(=O)[C@H](C#N)c1nc2ccccc2nc1N1C[C@H](C)C[C@@H](C)C1. The van der Waals surface area contributed by atoms with Crippen molar-refractivity contribution in [2.24, 2.45) is 11.8 Å². The molecular formula is C21H25N5O. The number of carbonyl (C=O) groups excluding carboxylic acids is 1. The van der Waals surface area contributed by atoms with Crippen molar-refractivity contribution in [1.29, 1.82) is 5.26 Å². The van der Waals surface area contributed by atoms with Crippen LogP contribution in [-0.2, 0) is 4.79 Å². The minimum Gasteiger partial charge on any atom is -0.355 e. The number of anilines is 1. The Labute approximate surface area is 159 Å². The van der Waals surface area contributed by atoms with Gasteiger partial charge in [0.05, 0.1) is 17.1 Å². The van der Waals surface area contributed by atoms with Crippen LogP contribution < -0.4 is 10.2 Å². The monoisotopic (exact) mass is 363 g/mol. The highest BCUT2D eigenvalue weighted by Crippen LogP contribution is 2.31. The predicted octanol–water partition coefficient (Wildman–Crippen LogP) is 3.02. The quantitative estimate of drug-likeness (QED) is 0.826. The number of nitriles is 1. The molecule has 0 radical (unpaired) electrons. The van der Waals surface area contributed by atoms with Crippen LogP contribution in [0.2, 0.25) is 0 Å². The summed E-state index contributed by atoms with van der Waals surface area (Å²) in [6.45, 7) is 10.0. The standard InChI is InChI=1S/C21H25N5O/c1-4-9-23-21(27)16(11-22)19-20(26-12-14(2)10-15(3)13-26)25-18-8-6-5-7-17(18)24-19/h4-8,14-16H,1,9-10,12-13H2,2-3H3,(H,23,27)/t14-,15-,16-/m1/s1. The lowest BCUT2D eigenvalue weighted by atomic mass is 9.91. The van der Waals surface area contributed by atoms with Crippen molar-refractivity contribution in [3.63, 3.8) is 0 Å². The summed E-state index contributed by atoms with van der Waals surface area (Å²) in [5, 5.41) is 12.4. The number of hydrogen-bond acceptors (Lipinski definition) is 5. The predicted molar refractivity (Wildman–Crippen MR) is 106 cm³/mol. The van der Waals surface area contributed by atoms with Crippen LogP contribution in [-0.4, -0.2) is 35.5 Å². The van der Waals surface area contributed by atoms with Crippen molar-refractivity contribution in [2.45, 2.75) is 26.2 Å². The number of amides is 1. The summed E-state index contributed by atoms with van der Waals surface area (Å²) in [6.07, 6.45) is 2.75. The summed E-state index contributed by atoms with van der Waals surface area (Å²) in [5.41, 5.74) is 1.88. The number of para-hydroxylation sites is 2. The molecule has 1 N–H and O–H groups in total. The molecule has 140 valence electrons. The summed E-state index contributed by atoms with van der Waals surface area (Å²) < 4.78 is 0. The molecule has 3 atom stereocenters. The number of benzene rings is 1. The van der Waals surface area contributed by atoms with Crippen molar-refractivity contribution >= 4 is 22.8 Å². The number of piperidine rings is 1. The van der Waals surface area contributed by atoms with Gasteiger partial charge in [0.15, 0.2) is 11.7 Å². The lowest BCUT2D eigenvalue weighted by Gasteiger charge is -2.36. The normalized spacial score (nSPS) is 20.7. The van der Waals surface area contributed by atoms with Crippen LogP contribution in [0.3, 0.4) is 0 Å². The molecule has 1 aliphatic rings. The first kappa shape index (κ1) is 18.8. The molecule has 3 rings (SSSR count). The summed E-state index contributed by atoms with van der Waals surface area (Å²) in [7, 11) is 0. The molecule has 1 aromatic heterocycles.